The Morgan fingerprint density at radius 3 is 2.92 bits per heavy atom. The van der Waals surface area contributed by atoms with Crippen LogP contribution >= 0.6 is 0 Å². The van der Waals surface area contributed by atoms with Crippen molar-refractivity contribution in [1.82, 2.24) is 15.1 Å². The van der Waals surface area contributed by atoms with E-state index in [-0.39, 0.29) is 23.4 Å². The second-order valence-corrected chi connectivity index (χ2v) is 5.89. The molecule has 1 fully saturated rings. The van der Waals surface area contributed by atoms with Crippen LogP contribution < -0.4 is 10.6 Å². The van der Waals surface area contributed by atoms with E-state index in [1.54, 1.807) is 29.1 Å². The molecule has 1 aromatic heterocycles. The van der Waals surface area contributed by atoms with Crippen molar-refractivity contribution < 1.29 is 9.72 Å². The number of carbonyl (C=O) groups excluding carboxylic acids is 1. The highest BCUT2D eigenvalue weighted by molar-refractivity contribution is 5.82. The van der Waals surface area contributed by atoms with E-state index in [2.05, 4.69) is 15.7 Å². The monoisotopic (exact) mass is 329 g/mol. The molecule has 0 spiro atoms. The number of nitro groups is 1. The summed E-state index contributed by atoms with van der Waals surface area (Å²) < 4.78 is 1.74. The van der Waals surface area contributed by atoms with Crippen LogP contribution in [-0.2, 0) is 11.8 Å². The lowest BCUT2D eigenvalue weighted by Gasteiger charge is -2.08. The molecule has 2 aromatic rings. The van der Waals surface area contributed by atoms with E-state index in [0.29, 0.717) is 18.8 Å². The van der Waals surface area contributed by atoms with Gasteiger partial charge in [0.15, 0.2) is 0 Å². The second kappa shape index (κ2) is 6.69. The highest BCUT2D eigenvalue weighted by atomic mass is 16.6. The zero-order valence-electron chi connectivity index (χ0n) is 13.3. The van der Waals surface area contributed by atoms with Gasteiger partial charge in [0.2, 0.25) is 5.91 Å². The van der Waals surface area contributed by atoms with Gasteiger partial charge in [-0.05, 0) is 24.0 Å². The van der Waals surface area contributed by atoms with E-state index < -0.39 is 4.92 Å². The van der Waals surface area contributed by atoms with Gasteiger partial charge in [-0.3, -0.25) is 19.6 Å². The molecule has 1 saturated carbocycles. The van der Waals surface area contributed by atoms with Gasteiger partial charge in [-0.1, -0.05) is 12.1 Å². The van der Waals surface area contributed by atoms with Crippen molar-refractivity contribution in [2.45, 2.75) is 12.3 Å². The molecule has 2 unspecified atom stereocenters. The minimum Gasteiger partial charge on any atom is -0.378 e. The van der Waals surface area contributed by atoms with Crippen molar-refractivity contribution in [1.29, 1.82) is 0 Å². The van der Waals surface area contributed by atoms with Crippen molar-refractivity contribution in [3.05, 3.63) is 52.3 Å². The number of benzene rings is 1. The summed E-state index contributed by atoms with van der Waals surface area (Å²) in [4.78, 5) is 22.6. The Morgan fingerprint density at radius 2 is 2.21 bits per heavy atom. The molecule has 0 radical (unpaired) electrons. The van der Waals surface area contributed by atoms with E-state index in [0.717, 1.165) is 12.0 Å². The number of para-hydroxylation sites is 2. The first-order valence-electron chi connectivity index (χ1n) is 7.80. The summed E-state index contributed by atoms with van der Waals surface area (Å²) in [5.41, 5.74) is 1.58. The number of amides is 1. The maximum absolute atomic E-state index is 12.1. The summed E-state index contributed by atoms with van der Waals surface area (Å²) in [6.07, 6.45) is 4.58. The Balaban J connectivity index is 1.43. The summed E-state index contributed by atoms with van der Waals surface area (Å²) in [6.45, 7) is 0.849. The second-order valence-electron chi connectivity index (χ2n) is 5.89. The maximum atomic E-state index is 12.1. The van der Waals surface area contributed by atoms with Crippen LogP contribution in [0.2, 0.25) is 0 Å². The molecule has 1 aliphatic carbocycles. The molecule has 2 atom stereocenters. The third kappa shape index (κ3) is 3.53. The zero-order valence-corrected chi connectivity index (χ0v) is 13.3. The van der Waals surface area contributed by atoms with Gasteiger partial charge in [0.1, 0.15) is 5.69 Å². The largest absolute Gasteiger partial charge is 0.378 e. The molecule has 1 heterocycles. The Hall–Kier alpha value is -2.90. The number of anilines is 1. The van der Waals surface area contributed by atoms with Gasteiger partial charge in [0.25, 0.3) is 5.69 Å². The topological polar surface area (TPSA) is 102 Å². The molecule has 2 N–H and O–H groups in total. The number of nitrogens with one attached hydrogen (secondary N) is 2. The Kier molecular flexibility index (Phi) is 4.45. The van der Waals surface area contributed by atoms with Gasteiger partial charge in [0, 0.05) is 38.3 Å². The molecule has 0 saturated heterocycles. The molecule has 8 heteroatoms. The van der Waals surface area contributed by atoms with Crippen LogP contribution in [0.3, 0.4) is 0 Å². The normalized spacial score (nSPS) is 18.9. The number of hydrogen-bond acceptors (Lipinski definition) is 5. The van der Waals surface area contributed by atoms with Crippen molar-refractivity contribution in [3.8, 4) is 0 Å². The summed E-state index contributed by atoms with van der Waals surface area (Å²) in [6, 6.07) is 6.45. The van der Waals surface area contributed by atoms with Crippen molar-refractivity contribution in [3.63, 3.8) is 0 Å². The number of aromatic nitrogens is 2. The van der Waals surface area contributed by atoms with Crippen molar-refractivity contribution in [2.24, 2.45) is 13.0 Å². The summed E-state index contributed by atoms with van der Waals surface area (Å²) in [7, 11) is 1.86. The summed E-state index contributed by atoms with van der Waals surface area (Å²) in [5.74, 6) is 0.273. The first-order valence-corrected chi connectivity index (χ1v) is 7.80. The lowest BCUT2D eigenvalue weighted by molar-refractivity contribution is -0.384. The van der Waals surface area contributed by atoms with Gasteiger partial charge in [-0.25, -0.2) is 0 Å². The van der Waals surface area contributed by atoms with Crippen LogP contribution in [0.15, 0.2) is 36.7 Å². The van der Waals surface area contributed by atoms with Crippen molar-refractivity contribution >= 4 is 17.3 Å². The van der Waals surface area contributed by atoms with Gasteiger partial charge < -0.3 is 10.6 Å². The zero-order chi connectivity index (χ0) is 17.1. The minimum atomic E-state index is -0.427. The number of carbonyl (C=O) groups is 1. The molecule has 24 heavy (non-hydrogen) atoms. The fraction of sp³-hybridized carbons (Fsp3) is 0.375. The Labute approximate surface area is 139 Å². The molecular formula is C16H19N5O3. The number of nitrogens with zero attached hydrogens (tertiary/aromatic N) is 3. The highest BCUT2D eigenvalue weighted by Gasteiger charge is 2.44. The van der Waals surface area contributed by atoms with E-state index >= 15 is 0 Å². The van der Waals surface area contributed by atoms with Crippen LogP contribution in [0.4, 0.5) is 11.4 Å². The Morgan fingerprint density at radius 1 is 1.42 bits per heavy atom. The molecule has 8 nitrogen and oxygen atoms in total. The van der Waals surface area contributed by atoms with Crippen molar-refractivity contribution in [2.75, 3.05) is 18.4 Å². The average molecular weight is 329 g/mol. The smallest absolute Gasteiger partial charge is 0.292 e. The minimum absolute atomic E-state index is 0.000242. The first kappa shape index (κ1) is 16.0. The number of aryl methyl sites for hydroxylation is 1. The van der Waals surface area contributed by atoms with E-state index in [1.165, 1.54) is 6.07 Å². The lowest BCUT2D eigenvalue weighted by Crippen LogP contribution is -2.30. The van der Waals surface area contributed by atoms with Crippen LogP contribution in [0.25, 0.3) is 0 Å². The van der Waals surface area contributed by atoms with E-state index in [4.69, 9.17) is 0 Å². The summed E-state index contributed by atoms with van der Waals surface area (Å²) in [5, 5.41) is 20.9. The van der Waals surface area contributed by atoms with E-state index in [1.807, 2.05) is 13.2 Å². The first-order chi connectivity index (χ1) is 11.6. The molecule has 1 aromatic carbocycles. The standard InChI is InChI=1S/C16H19N5O3/c1-20-10-11(9-19-20)12-8-13(12)16(22)18-7-6-17-14-4-2-3-5-15(14)21(23)24/h2-5,9-10,12-13,17H,6-8H2,1H3,(H,18,22). The van der Waals surface area contributed by atoms with Crippen LogP contribution in [0.1, 0.15) is 17.9 Å². The molecule has 126 valence electrons. The SMILES string of the molecule is Cn1cc(C2CC2C(=O)NCCNc2ccccc2[N+](=O)[O-])cn1. The third-order valence-electron chi connectivity index (χ3n) is 4.12. The number of hydrogen-bond donors (Lipinski definition) is 2. The van der Waals surface area contributed by atoms with Crippen LogP contribution in [0, 0.1) is 16.0 Å². The third-order valence-corrected chi connectivity index (χ3v) is 4.12. The highest BCUT2D eigenvalue weighted by Crippen LogP contribution is 2.47. The molecule has 0 bridgehead atoms. The summed E-state index contributed by atoms with van der Waals surface area (Å²) >= 11 is 0. The van der Waals surface area contributed by atoms with Gasteiger partial charge in [-0.15, -0.1) is 0 Å². The van der Waals surface area contributed by atoms with Crippen LogP contribution in [-0.4, -0.2) is 33.7 Å². The number of rotatable bonds is 7. The van der Waals surface area contributed by atoms with Gasteiger partial charge in [0.05, 0.1) is 11.1 Å². The average Bonchev–Trinajstić information content (AvgIpc) is 3.26. The fourth-order valence-electron chi connectivity index (χ4n) is 2.78. The van der Waals surface area contributed by atoms with Crippen LogP contribution in [0.5, 0.6) is 0 Å². The lowest BCUT2D eigenvalue weighted by atomic mass is 10.2. The maximum Gasteiger partial charge on any atom is 0.292 e. The quantitative estimate of drug-likeness (QED) is 0.457. The fourth-order valence-corrected chi connectivity index (χ4v) is 2.78. The molecule has 1 amide bonds. The molecule has 0 aliphatic heterocycles. The molecule has 3 rings (SSSR count). The molecular weight excluding hydrogens is 310 g/mol. The number of nitro benzene ring substituents is 1. The predicted molar refractivity (Wildman–Crippen MR) is 88.7 cm³/mol. The predicted octanol–water partition coefficient (Wildman–Crippen LogP) is 1.66. The van der Waals surface area contributed by atoms with Gasteiger partial charge >= 0.3 is 0 Å². The van der Waals surface area contributed by atoms with Gasteiger partial charge in [-0.2, -0.15) is 5.10 Å². The molecule has 1 aliphatic rings. The Bertz CT molecular complexity index is 758. The van der Waals surface area contributed by atoms with E-state index in [9.17, 15) is 14.9 Å².